The number of aromatic amines is 1. The standard InChI is InChI=1S/C20H23N3O2/c24-19-18(7-4-10-21-19)20(25)23-12-11-22(16-8-9-16)14-17(23)13-15-5-2-1-3-6-15/h1-7,10,16-17H,8-9,11-14H2,(H,21,24). The number of rotatable bonds is 4. The van der Waals surface area contributed by atoms with Crippen molar-refractivity contribution in [1.82, 2.24) is 14.8 Å². The van der Waals surface area contributed by atoms with Gasteiger partial charge in [-0.15, -0.1) is 0 Å². The van der Waals surface area contributed by atoms with E-state index in [0.717, 1.165) is 19.5 Å². The second-order valence-electron chi connectivity index (χ2n) is 6.98. The molecular formula is C20H23N3O2. The van der Waals surface area contributed by atoms with Gasteiger partial charge in [0.25, 0.3) is 11.5 Å². The fourth-order valence-electron chi connectivity index (χ4n) is 3.72. The van der Waals surface area contributed by atoms with Crippen LogP contribution < -0.4 is 5.56 Å². The first-order valence-corrected chi connectivity index (χ1v) is 8.99. The van der Waals surface area contributed by atoms with Crippen LogP contribution in [0.5, 0.6) is 0 Å². The molecule has 2 aromatic rings. The molecule has 1 aliphatic carbocycles. The summed E-state index contributed by atoms with van der Waals surface area (Å²) in [6.45, 7) is 2.46. The monoisotopic (exact) mass is 337 g/mol. The Balaban J connectivity index is 1.58. The molecule has 2 heterocycles. The van der Waals surface area contributed by atoms with Crippen LogP contribution in [0, 0.1) is 0 Å². The van der Waals surface area contributed by atoms with E-state index in [1.165, 1.54) is 18.4 Å². The molecule has 2 fully saturated rings. The zero-order valence-corrected chi connectivity index (χ0v) is 14.2. The molecule has 1 amide bonds. The maximum absolute atomic E-state index is 13.0. The maximum atomic E-state index is 13.0. The molecule has 0 radical (unpaired) electrons. The van der Waals surface area contributed by atoms with Crippen LogP contribution in [-0.2, 0) is 6.42 Å². The van der Waals surface area contributed by atoms with Gasteiger partial charge >= 0.3 is 0 Å². The van der Waals surface area contributed by atoms with Gasteiger partial charge in [0.15, 0.2) is 0 Å². The number of amides is 1. The van der Waals surface area contributed by atoms with Crippen LogP contribution in [0.1, 0.15) is 28.8 Å². The summed E-state index contributed by atoms with van der Waals surface area (Å²) in [5, 5.41) is 0. The van der Waals surface area contributed by atoms with E-state index in [0.29, 0.717) is 12.6 Å². The number of H-pyrrole nitrogens is 1. The fourth-order valence-corrected chi connectivity index (χ4v) is 3.72. The van der Waals surface area contributed by atoms with E-state index in [1.54, 1.807) is 18.3 Å². The van der Waals surface area contributed by atoms with Crippen molar-refractivity contribution < 1.29 is 4.79 Å². The number of hydrogen-bond acceptors (Lipinski definition) is 3. The Morgan fingerprint density at radius 3 is 2.60 bits per heavy atom. The molecule has 0 bridgehead atoms. The van der Waals surface area contributed by atoms with Gasteiger partial charge in [0.05, 0.1) is 0 Å². The van der Waals surface area contributed by atoms with Crippen LogP contribution in [0.15, 0.2) is 53.5 Å². The van der Waals surface area contributed by atoms with Crippen molar-refractivity contribution in [2.24, 2.45) is 0 Å². The lowest BCUT2D eigenvalue weighted by Gasteiger charge is -2.41. The molecule has 0 spiro atoms. The Hall–Kier alpha value is -2.40. The van der Waals surface area contributed by atoms with Crippen LogP contribution >= 0.6 is 0 Å². The molecule has 130 valence electrons. The minimum absolute atomic E-state index is 0.101. The first kappa shape index (κ1) is 16.1. The summed E-state index contributed by atoms with van der Waals surface area (Å²) in [4.78, 5) is 32.1. The highest BCUT2D eigenvalue weighted by Crippen LogP contribution is 2.29. The number of nitrogens with one attached hydrogen (secondary N) is 1. The van der Waals surface area contributed by atoms with E-state index >= 15 is 0 Å². The molecule has 1 N–H and O–H groups in total. The van der Waals surface area contributed by atoms with Gasteiger partial charge in [-0.05, 0) is 37.0 Å². The van der Waals surface area contributed by atoms with Gasteiger partial charge in [-0.1, -0.05) is 30.3 Å². The molecule has 1 saturated heterocycles. The average molecular weight is 337 g/mol. The van der Waals surface area contributed by atoms with Gasteiger partial charge in [0.2, 0.25) is 0 Å². The predicted molar refractivity (Wildman–Crippen MR) is 96.6 cm³/mol. The van der Waals surface area contributed by atoms with Crippen molar-refractivity contribution in [2.75, 3.05) is 19.6 Å². The molecule has 1 aromatic heterocycles. The third kappa shape index (κ3) is 3.51. The lowest BCUT2D eigenvalue weighted by molar-refractivity contribution is 0.0435. The van der Waals surface area contributed by atoms with Crippen molar-refractivity contribution in [1.29, 1.82) is 0 Å². The van der Waals surface area contributed by atoms with Gasteiger partial charge in [-0.3, -0.25) is 14.5 Å². The van der Waals surface area contributed by atoms with Crippen molar-refractivity contribution >= 4 is 5.91 Å². The van der Waals surface area contributed by atoms with Crippen molar-refractivity contribution in [3.05, 3.63) is 70.1 Å². The number of nitrogens with zero attached hydrogens (tertiary/aromatic N) is 2. The van der Waals surface area contributed by atoms with E-state index in [4.69, 9.17) is 0 Å². The van der Waals surface area contributed by atoms with Crippen LogP contribution in [0.2, 0.25) is 0 Å². The van der Waals surface area contributed by atoms with Crippen molar-refractivity contribution in [2.45, 2.75) is 31.3 Å². The largest absolute Gasteiger partial charge is 0.333 e. The quantitative estimate of drug-likeness (QED) is 0.927. The first-order valence-electron chi connectivity index (χ1n) is 8.99. The molecular weight excluding hydrogens is 314 g/mol. The molecule has 1 saturated carbocycles. The maximum Gasteiger partial charge on any atom is 0.260 e. The molecule has 1 atom stereocenters. The van der Waals surface area contributed by atoms with Crippen molar-refractivity contribution in [3.8, 4) is 0 Å². The molecule has 25 heavy (non-hydrogen) atoms. The third-order valence-corrected chi connectivity index (χ3v) is 5.20. The molecule has 1 aromatic carbocycles. The summed E-state index contributed by atoms with van der Waals surface area (Å²) in [5.74, 6) is -0.154. The van der Waals surface area contributed by atoms with E-state index in [1.807, 2.05) is 23.1 Å². The number of benzene rings is 1. The number of carbonyl (C=O) groups is 1. The highest BCUT2D eigenvalue weighted by atomic mass is 16.2. The topological polar surface area (TPSA) is 56.4 Å². The lowest BCUT2D eigenvalue weighted by atomic mass is 10.0. The Morgan fingerprint density at radius 1 is 1.08 bits per heavy atom. The van der Waals surface area contributed by atoms with E-state index in [-0.39, 0.29) is 23.1 Å². The van der Waals surface area contributed by atoms with Gasteiger partial charge < -0.3 is 9.88 Å². The van der Waals surface area contributed by atoms with E-state index in [9.17, 15) is 9.59 Å². The minimum Gasteiger partial charge on any atom is -0.333 e. The summed E-state index contributed by atoms with van der Waals surface area (Å²) in [7, 11) is 0. The van der Waals surface area contributed by atoms with Gasteiger partial charge in [0.1, 0.15) is 5.56 Å². The number of piperazine rings is 1. The van der Waals surface area contributed by atoms with Crippen LogP contribution in [-0.4, -0.2) is 52.4 Å². The summed E-state index contributed by atoms with van der Waals surface area (Å²) in [6, 6.07) is 14.4. The normalized spacial score (nSPS) is 21.3. The zero-order chi connectivity index (χ0) is 17.2. The average Bonchev–Trinajstić information content (AvgIpc) is 3.48. The molecule has 2 aliphatic rings. The van der Waals surface area contributed by atoms with Crippen LogP contribution in [0.3, 0.4) is 0 Å². The minimum atomic E-state index is -0.310. The Kier molecular flexibility index (Phi) is 4.40. The summed E-state index contributed by atoms with van der Waals surface area (Å²) in [6.07, 6.45) is 4.92. The number of aromatic nitrogens is 1. The number of pyridine rings is 1. The molecule has 4 rings (SSSR count). The Morgan fingerprint density at radius 2 is 1.88 bits per heavy atom. The highest BCUT2D eigenvalue weighted by Gasteiger charge is 2.37. The van der Waals surface area contributed by atoms with Gasteiger partial charge in [-0.25, -0.2) is 0 Å². The van der Waals surface area contributed by atoms with E-state index in [2.05, 4.69) is 22.0 Å². The fraction of sp³-hybridized carbons (Fsp3) is 0.400. The van der Waals surface area contributed by atoms with Gasteiger partial charge in [0, 0.05) is 37.9 Å². The molecule has 5 heteroatoms. The molecule has 5 nitrogen and oxygen atoms in total. The smallest absolute Gasteiger partial charge is 0.260 e. The summed E-state index contributed by atoms with van der Waals surface area (Å²) >= 11 is 0. The Labute approximate surface area is 147 Å². The number of hydrogen-bond donors (Lipinski definition) is 1. The third-order valence-electron chi connectivity index (χ3n) is 5.20. The Bertz CT molecular complexity index is 798. The molecule has 1 unspecified atom stereocenters. The number of carbonyl (C=O) groups excluding carboxylic acids is 1. The van der Waals surface area contributed by atoms with Gasteiger partial charge in [-0.2, -0.15) is 0 Å². The zero-order valence-electron chi connectivity index (χ0n) is 14.2. The van der Waals surface area contributed by atoms with Crippen LogP contribution in [0.25, 0.3) is 0 Å². The summed E-state index contributed by atoms with van der Waals surface area (Å²) < 4.78 is 0. The highest BCUT2D eigenvalue weighted by molar-refractivity contribution is 5.94. The lowest BCUT2D eigenvalue weighted by Crippen LogP contribution is -2.57. The second kappa shape index (κ2) is 6.84. The van der Waals surface area contributed by atoms with Crippen LogP contribution in [0.4, 0.5) is 0 Å². The van der Waals surface area contributed by atoms with Crippen molar-refractivity contribution in [3.63, 3.8) is 0 Å². The van der Waals surface area contributed by atoms with E-state index < -0.39 is 0 Å². The molecule has 1 aliphatic heterocycles. The first-order chi connectivity index (χ1) is 12.2. The second-order valence-corrected chi connectivity index (χ2v) is 6.98. The SMILES string of the molecule is O=C(c1ccc[nH]c1=O)N1CCN(C2CC2)CC1Cc1ccccc1. The predicted octanol–water partition coefficient (Wildman–Crippen LogP) is 1.91. The summed E-state index contributed by atoms with van der Waals surface area (Å²) in [5.41, 5.74) is 1.15.